The van der Waals surface area contributed by atoms with Crippen LogP contribution in [0.4, 0.5) is 11.4 Å². The van der Waals surface area contributed by atoms with Crippen LogP contribution in [0.2, 0.25) is 0 Å². The number of carbonyl (C=O) groups is 1. The zero-order chi connectivity index (χ0) is 18.3. The second-order valence-electron chi connectivity index (χ2n) is 6.98. The van der Waals surface area contributed by atoms with E-state index in [1.807, 2.05) is 32.9 Å². The summed E-state index contributed by atoms with van der Waals surface area (Å²) in [6.45, 7) is 8.12. The molecule has 134 valence electrons. The molecule has 0 radical (unpaired) electrons. The van der Waals surface area contributed by atoms with Gasteiger partial charge in [0, 0.05) is 35.9 Å². The van der Waals surface area contributed by atoms with E-state index >= 15 is 0 Å². The van der Waals surface area contributed by atoms with Crippen molar-refractivity contribution in [2.24, 2.45) is 0 Å². The van der Waals surface area contributed by atoms with Gasteiger partial charge in [0.05, 0.1) is 6.20 Å². The number of aromatic nitrogens is 3. The first-order valence-corrected chi connectivity index (χ1v) is 9.02. The maximum Gasteiger partial charge on any atom is 0.261 e. The highest BCUT2D eigenvalue weighted by molar-refractivity contribution is 6.08. The summed E-state index contributed by atoms with van der Waals surface area (Å²) in [5.74, 6) is -0.186. The average molecular weight is 349 g/mol. The number of hydrogen-bond donors (Lipinski definition) is 1. The SMILES string of the molecule is Cc1cc(C)n2ncc(C(=O)Nc3ccc(N4CCCC4)cc3C)c2n1. The van der Waals surface area contributed by atoms with Crippen LogP contribution in [0.5, 0.6) is 0 Å². The Morgan fingerprint density at radius 1 is 1.12 bits per heavy atom. The van der Waals surface area contributed by atoms with Gasteiger partial charge in [-0.2, -0.15) is 5.10 Å². The summed E-state index contributed by atoms with van der Waals surface area (Å²) in [6, 6.07) is 8.15. The van der Waals surface area contributed by atoms with Crippen LogP contribution in [0, 0.1) is 20.8 Å². The van der Waals surface area contributed by atoms with Gasteiger partial charge < -0.3 is 10.2 Å². The summed E-state index contributed by atoms with van der Waals surface area (Å²) < 4.78 is 1.70. The van der Waals surface area contributed by atoms with Gasteiger partial charge in [-0.15, -0.1) is 0 Å². The molecule has 1 saturated heterocycles. The lowest BCUT2D eigenvalue weighted by atomic mass is 10.1. The number of nitrogens with one attached hydrogen (secondary N) is 1. The lowest BCUT2D eigenvalue weighted by molar-refractivity contribution is 0.102. The normalized spacial score (nSPS) is 14.2. The van der Waals surface area contributed by atoms with Gasteiger partial charge in [-0.25, -0.2) is 9.50 Å². The third-order valence-electron chi connectivity index (χ3n) is 4.95. The lowest BCUT2D eigenvalue weighted by Gasteiger charge is -2.19. The summed E-state index contributed by atoms with van der Waals surface area (Å²) in [5.41, 5.74) is 6.00. The van der Waals surface area contributed by atoms with Gasteiger partial charge in [0.2, 0.25) is 0 Å². The minimum absolute atomic E-state index is 0.186. The highest BCUT2D eigenvalue weighted by Gasteiger charge is 2.17. The summed E-state index contributed by atoms with van der Waals surface area (Å²) in [7, 11) is 0. The molecule has 0 atom stereocenters. The fourth-order valence-electron chi connectivity index (χ4n) is 3.58. The number of rotatable bonds is 3. The monoisotopic (exact) mass is 349 g/mol. The molecular weight excluding hydrogens is 326 g/mol. The number of hydrogen-bond acceptors (Lipinski definition) is 4. The molecule has 0 saturated carbocycles. The first kappa shape index (κ1) is 16.6. The second kappa shape index (κ2) is 6.44. The van der Waals surface area contributed by atoms with Gasteiger partial charge >= 0.3 is 0 Å². The molecule has 0 aliphatic carbocycles. The van der Waals surface area contributed by atoms with E-state index in [9.17, 15) is 4.79 Å². The Kier molecular flexibility index (Phi) is 4.11. The number of anilines is 2. The third-order valence-corrected chi connectivity index (χ3v) is 4.95. The van der Waals surface area contributed by atoms with Crippen LogP contribution >= 0.6 is 0 Å². The number of amides is 1. The smallest absolute Gasteiger partial charge is 0.261 e. The molecule has 3 heterocycles. The molecule has 1 amide bonds. The average Bonchev–Trinajstić information content (AvgIpc) is 3.26. The number of benzene rings is 1. The molecule has 1 fully saturated rings. The van der Waals surface area contributed by atoms with Crippen LogP contribution in [0.15, 0.2) is 30.5 Å². The van der Waals surface area contributed by atoms with Gasteiger partial charge in [-0.3, -0.25) is 4.79 Å². The molecule has 1 aliphatic rings. The summed E-state index contributed by atoms with van der Waals surface area (Å²) in [5, 5.41) is 7.31. The quantitative estimate of drug-likeness (QED) is 0.786. The van der Waals surface area contributed by atoms with Crippen molar-refractivity contribution in [3.05, 3.63) is 53.0 Å². The summed E-state index contributed by atoms with van der Waals surface area (Å²) in [4.78, 5) is 19.7. The number of carbonyl (C=O) groups excluding carboxylic acids is 1. The van der Waals surface area contributed by atoms with Crippen LogP contribution < -0.4 is 10.2 Å². The highest BCUT2D eigenvalue weighted by atomic mass is 16.1. The first-order chi connectivity index (χ1) is 12.5. The van der Waals surface area contributed by atoms with Crippen molar-refractivity contribution in [2.45, 2.75) is 33.6 Å². The number of nitrogens with zero attached hydrogens (tertiary/aromatic N) is 4. The van der Waals surface area contributed by atoms with Gasteiger partial charge in [0.25, 0.3) is 5.91 Å². The van der Waals surface area contributed by atoms with E-state index in [1.54, 1.807) is 10.7 Å². The minimum Gasteiger partial charge on any atom is -0.372 e. The van der Waals surface area contributed by atoms with Crippen molar-refractivity contribution in [2.75, 3.05) is 23.3 Å². The molecule has 1 aromatic carbocycles. The summed E-state index contributed by atoms with van der Waals surface area (Å²) in [6.07, 6.45) is 4.08. The maximum absolute atomic E-state index is 12.8. The zero-order valence-electron chi connectivity index (χ0n) is 15.4. The Morgan fingerprint density at radius 3 is 2.62 bits per heavy atom. The Bertz CT molecular complexity index is 985. The van der Waals surface area contributed by atoms with Crippen LogP contribution in [0.25, 0.3) is 5.65 Å². The molecule has 26 heavy (non-hydrogen) atoms. The van der Waals surface area contributed by atoms with Crippen LogP contribution in [-0.4, -0.2) is 33.6 Å². The van der Waals surface area contributed by atoms with E-state index in [2.05, 4.69) is 32.4 Å². The molecule has 4 rings (SSSR count). The molecule has 1 aliphatic heterocycles. The van der Waals surface area contributed by atoms with E-state index in [-0.39, 0.29) is 5.91 Å². The fourth-order valence-corrected chi connectivity index (χ4v) is 3.58. The maximum atomic E-state index is 12.8. The van der Waals surface area contributed by atoms with E-state index in [0.29, 0.717) is 11.2 Å². The molecular formula is C20H23N5O. The Labute approximate surface area is 152 Å². The zero-order valence-corrected chi connectivity index (χ0v) is 15.4. The van der Waals surface area contributed by atoms with Gasteiger partial charge in [0.15, 0.2) is 5.65 Å². The fraction of sp³-hybridized carbons (Fsp3) is 0.350. The second-order valence-corrected chi connectivity index (χ2v) is 6.98. The van der Waals surface area contributed by atoms with Crippen LogP contribution in [0.1, 0.15) is 40.2 Å². The number of aryl methyl sites for hydroxylation is 3. The van der Waals surface area contributed by atoms with Crippen LogP contribution in [0.3, 0.4) is 0 Å². The molecule has 6 heteroatoms. The van der Waals surface area contributed by atoms with Crippen LogP contribution in [-0.2, 0) is 0 Å². The van der Waals surface area contributed by atoms with Crippen molar-refractivity contribution in [1.29, 1.82) is 0 Å². The van der Waals surface area contributed by atoms with E-state index in [4.69, 9.17) is 0 Å². The van der Waals surface area contributed by atoms with Crippen molar-refractivity contribution in [3.8, 4) is 0 Å². The van der Waals surface area contributed by atoms with Crippen molar-refractivity contribution in [1.82, 2.24) is 14.6 Å². The standard InChI is InChI=1S/C20H23N5O/c1-13-10-16(24-8-4-5-9-24)6-7-18(13)23-20(26)17-12-21-25-15(3)11-14(2)22-19(17)25/h6-7,10-12H,4-5,8-9H2,1-3H3,(H,23,26). The van der Waals surface area contributed by atoms with Crippen molar-refractivity contribution < 1.29 is 4.79 Å². The van der Waals surface area contributed by atoms with E-state index < -0.39 is 0 Å². The van der Waals surface area contributed by atoms with Gasteiger partial charge in [0.1, 0.15) is 5.56 Å². The van der Waals surface area contributed by atoms with Crippen molar-refractivity contribution in [3.63, 3.8) is 0 Å². The minimum atomic E-state index is -0.186. The predicted octanol–water partition coefficient (Wildman–Crippen LogP) is 3.51. The molecule has 0 unspecified atom stereocenters. The first-order valence-electron chi connectivity index (χ1n) is 9.02. The molecule has 3 aromatic rings. The Balaban J connectivity index is 1.60. The molecule has 0 spiro atoms. The topological polar surface area (TPSA) is 62.5 Å². The Hall–Kier alpha value is -2.89. The third kappa shape index (κ3) is 2.92. The molecule has 0 bridgehead atoms. The molecule has 1 N–H and O–H groups in total. The number of fused-ring (bicyclic) bond motifs is 1. The van der Waals surface area contributed by atoms with E-state index in [1.165, 1.54) is 18.5 Å². The van der Waals surface area contributed by atoms with Crippen molar-refractivity contribution >= 4 is 22.9 Å². The summed E-state index contributed by atoms with van der Waals surface area (Å²) >= 11 is 0. The van der Waals surface area contributed by atoms with Gasteiger partial charge in [-0.05, 0) is 63.4 Å². The van der Waals surface area contributed by atoms with E-state index in [0.717, 1.165) is 35.7 Å². The largest absolute Gasteiger partial charge is 0.372 e. The molecule has 6 nitrogen and oxygen atoms in total. The lowest BCUT2D eigenvalue weighted by Crippen LogP contribution is -2.18. The highest BCUT2D eigenvalue weighted by Crippen LogP contribution is 2.26. The molecule has 2 aromatic heterocycles. The Morgan fingerprint density at radius 2 is 1.88 bits per heavy atom. The van der Waals surface area contributed by atoms with Gasteiger partial charge in [-0.1, -0.05) is 0 Å². The predicted molar refractivity (Wildman–Crippen MR) is 103 cm³/mol.